The molecule has 2 unspecified atom stereocenters. The summed E-state index contributed by atoms with van der Waals surface area (Å²) in [5.74, 6) is -0.487. The Kier molecular flexibility index (Phi) is 6.16. The van der Waals surface area contributed by atoms with Crippen LogP contribution >= 0.6 is 11.3 Å². The number of methoxy groups -OCH3 is 1. The number of amides is 1. The van der Waals surface area contributed by atoms with Gasteiger partial charge in [0.25, 0.3) is 0 Å². The van der Waals surface area contributed by atoms with Gasteiger partial charge in [0, 0.05) is 11.4 Å². The normalized spacial score (nSPS) is 15.2. The van der Waals surface area contributed by atoms with Gasteiger partial charge in [0.2, 0.25) is 5.91 Å². The number of hydrogen-bond acceptors (Lipinski definition) is 5. The van der Waals surface area contributed by atoms with Crippen LogP contribution in [-0.4, -0.2) is 25.5 Å². The second-order valence-corrected chi connectivity index (χ2v) is 5.92. The van der Waals surface area contributed by atoms with E-state index in [9.17, 15) is 9.59 Å². The quantitative estimate of drug-likeness (QED) is 0.753. The van der Waals surface area contributed by atoms with E-state index in [4.69, 9.17) is 5.73 Å². The lowest BCUT2D eigenvalue weighted by atomic mass is 9.86. The number of thiophene rings is 1. The van der Waals surface area contributed by atoms with Gasteiger partial charge in [0.15, 0.2) is 0 Å². The van der Waals surface area contributed by atoms with Crippen molar-refractivity contribution in [2.45, 2.75) is 32.7 Å². The van der Waals surface area contributed by atoms with Crippen LogP contribution in [0.4, 0.5) is 0 Å². The van der Waals surface area contributed by atoms with E-state index in [0.29, 0.717) is 6.42 Å². The fourth-order valence-corrected chi connectivity index (χ4v) is 2.47. The van der Waals surface area contributed by atoms with E-state index in [1.807, 2.05) is 31.4 Å². The van der Waals surface area contributed by atoms with Gasteiger partial charge in [-0.05, 0) is 24.8 Å². The molecule has 0 aliphatic carbocycles. The van der Waals surface area contributed by atoms with E-state index in [-0.39, 0.29) is 30.9 Å². The van der Waals surface area contributed by atoms with Crippen LogP contribution in [0.1, 0.15) is 37.6 Å². The molecule has 5 nitrogen and oxygen atoms in total. The molecule has 112 valence electrons. The summed E-state index contributed by atoms with van der Waals surface area (Å²) in [4.78, 5) is 24.8. The third-order valence-corrected chi connectivity index (χ3v) is 4.56. The molecule has 0 aromatic carbocycles. The molecule has 1 rings (SSSR count). The fourth-order valence-electron chi connectivity index (χ4n) is 1.69. The van der Waals surface area contributed by atoms with Crippen molar-refractivity contribution < 1.29 is 14.3 Å². The summed E-state index contributed by atoms with van der Waals surface area (Å²) < 4.78 is 4.69. The molecular weight excluding hydrogens is 276 g/mol. The van der Waals surface area contributed by atoms with Gasteiger partial charge in [0.05, 0.1) is 25.0 Å². The first-order chi connectivity index (χ1) is 9.46. The van der Waals surface area contributed by atoms with Crippen LogP contribution in [-0.2, 0) is 14.3 Å². The van der Waals surface area contributed by atoms with Crippen molar-refractivity contribution in [1.29, 1.82) is 0 Å². The lowest BCUT2D eigenvalue weighted by Gasteiger charge is -2.28. The minimum Gasteiger partial charge on any atom is -0.469 e. The average Bonchev–Trinajstić information content (AvgIpc) is 2.99. The van der Waals surface area contributed by atoms with E-state index < -0.39 is 5.41 Å². The molecular formula is C14H22N2O3S. The molecule has 1 heterocycles. The highest BCUT2D eigenvalue weighted by atomic mass is 32.1. The van der Waals surface area contributed by atoms with Gasteiger partial charge in [-0.15, -0.1) is 11.3 Å². The third kappa shape index (κ3) is 4.05. The van der Waals surface area contributed by atoms with Gasteiger partial charge >= 0.3 is 5.97 Å². The van der Waals surface area contributed by atoms with E-state index in [2.05, 4.69) is 10.1 Å². The SMILES string of the molecule is CCC(C)(CN)C(=O)NC(CC(=O)OC)c1cccs1. The zero-order chi connectivity index (χ0) is 15.2. The van der Waals surface area contributed by atoms with Gasteiger partial charge < -0.3 is 15.8 Å². The van der Waals surface area contributed by atoms with Crippen molar-refractivity contribution >= 4 is 23.2 Å². The van der Waals surface area contributed by atoms with E-state index in [0.717, 1.165) is 4.88 Å². The zero-order valence-corrected chi connectivity index (χ0v) is 13.0. The average molecular weight is 298 g/mol. The number of rotatable bonds is 7. The predicted molar refractivity (Wildman–Crippen MR) is 79.3 cm³/mol. The second-order valence-electron chi connectivity index (χ2n) is 4.94. The fraction of sp³-hybridized carbons (Fsp3) is 0.571. The Labute approximate surface area is 123 Å². The topological polar surface area (TPSA) is 81.4 Å². The molecule has 6 heteroatoms. The number of carbonyl (C=O) groups excluding carboxylic acids is 2. The second kappa shape index (κ2) is 7.40. The number of hydrogen-bond donors (Lipinski definition) is 2. The molecule has 0 aliphatic heterocycles. The van der Waals surface area contributed by atoms with Crippen LogP contribution < -0.4 is 11.1 Å². The highest BCUT2D eigenvalue weighted by Crippen LogP contribution is 2.26. The first-order valence-corrected chi connectivity index (χ1v) is 7.46. The Morgan fingerprint density at radius 1 is 1.55 bits per heavy atom. The Balaban J connectivity index is 2.85. The predicted octanol–water partition coefficient (Wildman–Crippen LogP) is 1.84. The molecule has 3 N–H and O–H groups in total. The first kappa shape index (κ1) is 16.7. The van der Waals surface area contributed by atoms with Crippen molar-refractivity contribution in [1.82, 2.24) is 5.32 Å². The van der Waals surface area contributed by atoms with Crippen molar-refractivity contribution in [2.24, 2.45) is 11.1 Å². The minimum absolute atomic E-state index is 0.118. The summed E-state index contributed by atoms with van der Waals surface area (Å²) in [5.41, 5.74) is 5.07. The van der Waals surface area contributed by atoms with Gasteiger partial charge in [0.1, 0.15) is 0 Å². The molecule has 0 radical (unpaired) electrons. The standard InChI is InChI=1S/C14H22N2O3S/c1-4-14(2,9-15)13(18)16-10(8-12(17)19-3)11-6-5-7-20-11/h5-7,10H,4,8-9,15H2,1-3H3,(H,16,18). The maximum absolute atomic E-state index is 12.4. The summed E-state index contributed by atoms with van der Waals surface area (Å²) in [5, 5.41) is 4.83. The molecule has 20 heavy (non-hydrogen) atoms. The Morgan fingerprint density at radius 3 is 2.70 bits per heavy atom. The summed E-state index contributed by atoms with van der Waals surface area (Å²) in [6.07, 6.45) is 0.762. The molecule has 0 spiro atoms. The maximum atomic E-state index is 12.4. The van der Waals surface area contributed by atoms with Crippen LogP contribution in [0.3, 0.4) is 0 Å². The molecule has 1 aromatic heterocycles. The highest BCUT2D eigenvalue weighted by Gasteiger charge is 2.32. The number of nitrogens with two attached hydrogens (primary N) is 1. The Hall–Kier alpha value is -1.40. The molecule has 2 atom stereocenters. The van der Waals surface area contributed by atoms with Gasteiger partial charge in [-0.25, -0.2) is 0 Å². The smallest absolute Gasteiger partial charge is 0.307 e. The van der Waals surface area contributed by atoms with Crippen molar-refractivity contribution in [3.63, 3.8) is 0 Å². The Morgan fingerprint density at radius 2 is 2.25 bits per heavy atom. The lowest BCUT2D eigenvalue weighted by Crippen LogP contribution is -2.45. The molecule has 0 saturated heterocycles. The number of esters is 1. The van der Waals surface area contributed by atoms with Gasteiger partial charge in [-0.1, -0.05) is 13.0 Å². The van der Waals surface area contributed by atoms with Crippen molar-refractivity contribution in [2.75, 3.05) is 13.7 Å². The summed E-state index contributed by atoms with van der Waals surface area (Å²) >= 11 is 1.50. The highest BCUT2D eigenvalue weighted by molar-refractivity contribution is 7.10. The Bertz CT molecular complexity index is 441. The first-order valence-electron chi connectivity index (χ1n) is 6.58. The van der Waals surface area contributed by atoms with Crippen molar-refractivity contribution in [3.8, 4) is 0 Å². The maximum Gasteiger partial charge on any atom is 0.307 e. The largest absolute Gasteiger partial charge is 0.469 e. The van der Waals surface area contributed by atoms with Crippen LogP contribution in [0.2, 0.25) is 0 Å². The number of ether oxygens (including phenoxy) is 1. The minimum atomic E-state index is -0.619. The molecule has 0 fully saturated rings. The van der Waals surface area contributed by atoms with Crippen LogP contribution in [0.25, 0.3) is 0 Å². The third-order valence-electron chi connectivity index (χ3n) is 3.57. The molecule has 1 amide bonds. The zero-order valence-electron chi connectivity index (χ0n) is 12.1. The molecule has 0 saturated carbocycles. The van der Waals surface area contributed by atoms with Crippen molar-refractivity contribution in [3.05, 3.63) is 22.4 Å². The summed E-state index contributed by atoms with van der Waals surface area (Å²) in [6.45, 7) is 4.02. The number of carbonyl (C=O) groups is 2. The summed E-state index contributed by atoms with van der Waals surface area (Å²) in [6, 6.07) is 3.41. The summed E-state index contributed by atoms with van der Waals surface area (Å²) in [7, 11) is 1.34. The van der Waals surface area contributed by atoms with E-state index >= 15 is 0 Å². The molecule has 1 aromatic rings. The van der Waals surface area contributed by atoms with Crippen LogP contribution in [0.15, 0.2) is 17.5 Å². The lowest BCUT2D eigenvalue weighted by molar-refractivity contribution is -0.141. The van der Waals surface area contributed by atoms with Crippen LogP contribution in [0.5, 0.6) is 0 Å². The molecule has 0 bridgehead atoms. The number of nitrogens with one attached hydrogen (secondary N) is 1. The van der Waals surface area contributed by atoms with Gasteiger partial charge in [-0.2, -0.15) is 0 Å². The van der Waals surface area contributed by atoms with E-state index in [1.54, 1.807) is 0 Å². The molecule has 0 aliphatic rings. The van der Waals surface area contributed by atoms with E-state index in [1.165, 1.54) is 18.4 Å². The van der Waals surface area contributed by atoms with Gasteiger partial charge in [-0.3, -0.25) is 9.59 Å². The monoisotopic (exact) mass is 298 g/mol. The van der Waals surface area contributed by atoms with Crippen LogP contribution in [0, 0.1) is 5.41 Å².